The molecule has 0 radical (unpaired) electrons. The Morgan fingerprint density at radius 3 is 2.94 bits per heavy atom. The lowest BCUT2D eigenvalue weighted by atomic mass is 10.1. The van der Waals surface area contributed by atoms with Gasteiger partial charge in [-0.1, -0.05) is 25.1 Å². The number of hydrogen-bond acceptors (Lipinski definition) is 3. The number of thioether (sulfide) groups is 1. The average Bonchev–Trinajstić information content (AvgIpc) is 2.35. The second-order valence-corrected chi connectivity index (χ2v) is 5.27. The molecular formula is C13H16N2S. The van der Waals surface area contributed by atoms with Crippen molar-refractivity contribution < 1.29 is 0 Å². The van der Waals surface area contributed by atoms with Gasteiger partial charge >= 0.3 is 0 Å². The van der Waals surface area contributed by atoms with Gasteiger partial charge in [-0.05, 0) is 17.7 Å². The molecule has 0 aliphatic heterocycles. The van der Waals surface area contributed by atoms with Crippen LogP contribution in [-0.2, 0) is 5.75 Å². The number of nitrogens with two attached hydrogens (primary N) is 1. The maximum Gasteiger partial charge on any atom is 0.0705 e. The van der Waals surface area contributed by atoms with Gasteiger partial charge in [0.15, 0.2) is 0 Å². The first-order chi connectivity index (χ1) is 7.81. The molecule has 1 unspecified atom stereocenters. The van der Waals surface area contributed by atoms with Crippen molar-refractivity contribution in [1.82, 2.24) is 4.98 Å². The number of benzene rings is 1. The molecule has 0 aliphatic rings. The molecule has 3 heteroatoms. The maximum absolute atomic E-state index is 5.62. The first-order valence-electron chi connectivity index (χ1n) is 5.45. The quantitative estimate of drug-likeness (QED) is 0.881. The fraction of sp³-hybridized carbons (Fsp3) is 0.308. The van der Waals surface area contributed by atoms with E-state index in [4.69, 9.17) is 5.73 Å². The van der Waals surface area contributed by atoms with Gasteiger partial charge < -0.3 is 5.73 Å². The van der Waals surface area contributed by atoms with Crippen LogP contribution in [0.2, 0.25) is 0 Å². The van der Waals surface area contributed by atoms with E-state index in [0.29, 0.717) is 5.25 Å². The summed E-state index contributed by atoms with van der Waals surface area (Å²) in [7, 11) is 0. The van der Waals surface area contributed by atoms with E-state index in [1.807, 2.05) is 24.0 Å². The van der Waals surface area contributed by atoms with Crippen LogP contribution in [0, 0.1) is 0 Å². The number of hydrogen-bond donors (Lipinski definition) is 1. The Hall–Kier alpha value is -1.06. The Bertz CT molecular complexity index is 465. The second kappa shape index (κ2) is 5.32. The Balaban J connectivity index is 2.23. The van der Waals surface area contributed by atoms with E-state index in [9.17, 15) is 0 Å². The Kier molecular flexibility index (Phi) is 3.80. The van der Waals surface area contributed by atoms with Gasteiger partial charge in [0.2, 0.25) is 0 Å². The first kappa shape index (κ1) is 11.4. The minimum Gasteiger partial charge on any atom is -0.329 e. The van der Waals surface area contributed by atoms with Crippen LogP contribution >= 0.6 is 11.8 Å². The lowest BCUT2D eigenvalue weighted by Crippen LogP contribution is -2.12. The normalized spacial score (nSPS) is 12.9. The molecule has 0 amide bonds. The molecular weight excluding hydrogens is 216 g/mol. The number of aromatic nitrogens is 1. The van der Waals surface area contributed by atoms with Crippen molar-refractivity contribution in [3.8, 4) is 0 Å². The minimum atomic E-state index is 0.506. The zero-order valence-electron chi connectivity index (χ0n) is 9.39. The van der Waals surface area contributed by atoms with Crippen LogP contribution in [0.5, 0.6) is 0 Å². The largest absolute Gasteiger partial charge is 0.329 e. The first-order valence-corrected chi connectivity index (χ1v) is 6.50. The molecule has 16 heavy (non-hydrogen) atoms. The lowest BCUT2D eigenvalue weighted by Gasteiger charge is -2.09. The van der Waals surface area contributed by atoms with Gasteiger partial charge in [0.05, 0.1) is 5.52 Å². The molecule has 1 aromatic carbocycles. The van der Waals surface area contributed by atoms with Crippen LogP contribution in [0.4, 0.5) is 0 Å². The SMILES string of the molecule is CC(CN)SCc1ccnc2ccccc12. The molecule has 1 heterocycles. The zero-order valence-corrected chi connectivity index (χ0v) is 10.2. The molecule has 2 rings (SSSR count). The Labute approximate surface area is 100 Å². The standard InChI is InChI=1S/C13H16N2S/c1-10(8-14)16-9-11-6-7-15-13-5-3-2-4-12(11)13/h2-7,10H,8-9,14H2,1H3. The van der Waals surface area contributed by atoms with Crippen molar-refractivity contribution >= 4 is 22.7 Å². The van der Waals surface area contributed by atoms with Gasteiger partial charge in [0.25, 0.3) is 0 Å². The lowest BCUT2D eigenvalue weighted by molar-refractivity contribution is 0.951. The van der Waals surface area contributed by atoms with Gasteiger partial charge in [0.1, 0.15) is 0 Å². The molecule has 1 aromatic heterocycles. The zero-order chi connectivity index (χ0) is 11.4. The molecule has 2 aromatic rings. The van der Waals surface area contributed by atoms with Crippen LogP contribution in [0.3, 0.4) is 0 Å². The second-order valence-electron chi connectivity index (χ2n) is 3.84. The third-order valence-electron chi connectivity index (χ3n) is 2.59. The maximum atomic E-state index is 5.62. The van der Waals surface area contributed by atoms with Crippen LogP contribution in [0.1, 0.15) is 12.5 Å². The number of pyridine rings is 1. The van der Waals surface area contributed by atoms with E-state index in [-0.39, 0.29) is 0 Å². The van der Waals surface area contributed by atoms with Crippen molar-refractivity contribution in [1.29, 1.82) is 0 Å². The van der Waals surface area contributed by atoms with Crippen LogP contribution < -0.4 is 5.73 Å². The third kappa shape index (κ3) is 2.54. The number of nitrogens with zero attached hydrogens (tertiary/aromatic N) is 1. The number of fused-ring (bicyclic) bond motifs is 1. The summed E-state index contributed by atoms with van der Waals surface area (Å²) in [5, 5.41) is 1.76. The van der Waals surface area contributed by atoms with Gasteiger partial charge in [-0.25, -0.2) is 0 Å². The summed E-state index contributed by atoms with van der Waals surface area (Å²) < 4.78 is 0. The summed E-state index contributed by atoms with van der Waals surface area (Å²) in [4.78, 5) is 4.36. The van der Waals surface area contributed by atoms with Crippen LogP contribution in [-0.4, -0.2) is 16.8 Å². The minimum absolute atomic E-state index is 0.506. The molecule has 2 N–H and O–H groups in total. The molecule has 0 aliphatic carbocycles. The van der Waals surface area contributed by atoms with Crippen molar-refractivity contribution in [2.75, 3.05) is 6.54 Å². The molecule has 1 atom stereocenters. The molecule has 0 fully saturated rings. The molecule has 2 nitrogen and oxygen atoms in total. The fourth-order valence-electron chi connectivity index (χ4n) is 1.58. The number of para-hydroxylation sites is 1. The summed E-state index contributed by atoms with van der Waals surface area (Å²) in [5.74, 6) is 1.00. The monoisotopic (exact) mass is 232 g/mol. The summed E-state index contributed by atoms with van der Waals surface area (Å²) >= 11 is 1.89. The molecule has 0 spiro atoms. The van der Waals surface area contributed by atoms with Gasteiger partial charge in [-0.15, -0.1) is 0 Å². The van der Waals surface area contributed by atoms with E-state index in [1.54, 1.807) is 0 Å². The smallest absolute Gasteiger partial charge is 0.0705 e. The highest BCUT2D eigenvalue weighted by Crippen LogP contribution is 2.23. The topological polar surface area (TPSA) is 38.9 Å². The summed E-state index contributed by atoms with van der Waals surface area (Å²) in [6.45, 7) is 2.89. The van der Waals surface area contributed by atoms with Gasteiger partial charge in [-0.3, -0.25) is 4.98 Å². The summed E-state index contributed by atoms with van der Waals surface area (Å²) in [5.41, 5.74) is 8.03. The van der Waals surface area contributed by atoms with E-state index in [0.717, 1.165) is 17.8 Å². The molecule has 0 saturated carbocycles. The van der Waals surface area contributed by atoms with Gasteiger partial charge in [-0.2, -0.15) is 11.8 Å². The third-order valence-corrected chi connectivity index (χ3v) is 3.83. The average molecular weight is 232 g/mol. The van der Waals surface area contributed by atoms with Crippen molar-refractivity contribution in [2.45, 2.75) is 17.9 Å². The van der Waals surface area contributed by atoms with Crippen molar-refractivity contribution in [2.24, 2.45) is 5.73 Å². The van der Waals surface area contributed by atoms with E-state index in [1.165, 1.54) is 10.9 Å². The van der Waals surface area contributed by atoms with Gasteiger partial charge in [0, 0.05) is 29.1 Å². The van der Waals surface area contributed by atoms with E-state index >= 15 is 0 Å². The molecule has 0 saturated heterocycles. The Morgan fingerprint density at radius 2 is 2.12 bits per heavy atom. The predicted molar refractivity (Wildman–Crippen MR) is 71.6 cm³/mol. The predicted octanol–water partition coefficient (Wildman–Crippen LogP) is 2.82. The van der Waals surface area contributed by atoms with Crippen molar-refractivity contribution in [3.05, 3.63) is 42.1 Å². The summed E-state index contributed by atoms with van der Waals surface area (Å²) in [6, 6.07) is 10.4. The van der Waals surface area contributed by atoms with E-state index < -0.39 is 0 Å². The molecule has 84 valence electrons. The van der Waals surface area contributed by atoms with Crippen molar-refractivity contribution in [3.63, 3.8) is 0 Å². The highest BCUT2D eigenvalue weighted by Gasteiger charge is 2.04. The highest BCUT2D eigenvalue weighted by atomic mass is 32.2. The summed E-state index contributed by atoms with van der Waals surface area (Å²) in [6.07, 6.45) is 1.88. The number of rotatable bonds is 4. The Morgan fingerprint density at radius 1 is 1.31 bits per heavy atom. The van der Waals surface area contributed by atoms with E-state index in [2.05, 4.69) is 36.2 Å². The van der Waals surface area contributed by atoms with Crippen LogP contribution in [0.25, 0.3) is 10.9 Å². The van der Waals surface area contributed by atoms with Crippen LogP contribution in [0.15, 0.2) is 36.5 Å². The fourth-order valence-corrected chi connectivity index (χ4v) is 2.43. The highest BCUT2D eigenvalue weighted by molar-refractivity contribution is 7.99. The molecule has 0 bridgehead atoms.